The molecule has 8 heteroatoms. The second-order valence-electron chi connectivity index (χ2n) is 10.2. The Morgan fingerprint density at radius 1 is 0.921 bits per heavy atom. The standard InChI is InChI=1S/C30H36F3N3O2/c1-22(2)15-17-35(29(38)25-12-8-13-26(18-25)30(31,32)33)21-28(37)36(23(3)4)20-27-14-9-16-34(27)19-24-10-6-5-7-11-24/h5-14,16,18,22-23H,15,17,19-21H2,1-4H3. The molecular weight excluding hydrogens is 491 g/mol. The van der Waals surface area contributed by atoms with Gasteiger partial charge in [0.05, 0.1) is 12.1 Å². The fraction of sp³-hybridized carbons (Fsp3) is 0.400. The van der Waals surface area contributed by atoms with Crippen LogP contribution in [0.25, 0.3) is 0 Å². The van der Waals surface area contributed by atoms with Crippen LogP contribution in [0.15, 0.2) is 72.9 Å². The van der Waals surface area contributed by atoms with Crippen molar-refractivity contribution in [3.05, 3.63) is 95.3 Å². The number of nitrogens with zero attached hydrogens (tertiary/aromatic N) is 3. The average molecular weight is 528 g/mol. The molecule has 1 heterocycles. The normalized spacial score (nSPS) is 11.7. The molecule has 3 rings (SSSR count). The summed E-state index contributed by atoms with van der Waals surface area (Å²) in [6.07, 6.45) is -1.96. The number of amides is 2. The lowest BCUT2D eigenvalue weighted by atomic mass is 10.1. The maximum absolute atomic E-state index is 13.5. The molecule has 0 atom stereocenters. The van der Waals surface area contributed by atoms with Gasteiger partial charge in [0.2, 0.25) is 5.91 Å². The smallest absolute Gasteiger partial charge is 0.345 e. The van der Waals surface area contributed by atoms with E-state index >= 15 is 0 Å². The molecule has 204 valence electrons. The molecule has 0 N–H and O–H groups in total. The molecule has 0 radical (unpaired) electrons. The number of halogens is 3. The number of hydrogen-bond acceptors (Lipinski definition) is 2. The van der Waals surface area contributed by atoms with Gasteiger partial charge >= 0.3 is 6.18 Å². The van der Waals surface area contributed by atoms with Gasteiger partial charge in [-0.1, -0.05) is 50.2 Å². The Morgan fingerprint density at radius 3 is 2.26 bits per heavy atom. The summed E-state index contributed by atoms with van der Waals surface area (Å²) in [6, 6.07) is 18.2. The summed E-state index contributed by atoms with van der Waals surface area (Å²) in [6.45, 7) is 8.90. The van der Waals surface area contributed by atoms with Gasteiger partial charge in [-0.25, -0.2) is 0 Å². The van der Waals surface area contributed by atoms with E-state index in [2.05, 4.69) is 4.57 Å². The van der Waals surface area contributed by atoms with Crippen molar-refractivity contribution >= 4 is 11.8 Å². The second kappa shape index (κ2) is 12.8. The highest BCUT2D eigenvalue weighted by Crippen LogP contribution is 2.30. The van der Waals surface area contributed by atoms with Crippen LogP contribution in [0, 0.1) is 5.92 Å². The molecule has 3 aromatic rings. The minimum Gasteiger partial charge on any atom is -0.345 e. The van der Waals surface area contributed by atoms with E-state index in [0.29, 0.717) is 19.5 Å². The zero-order valence-corrected chi connectivity index (χ0v) is 22.4. The topological polar surface area (TPSA) is 45.6 Å². The lowest BCUT2D eigenvalue weighted by Crippen LogP contribution is -2.46. The third-order valence-electron chi connectivity index (χ3n) is 6.42. The molecule has 0 spiro atoms. The highest BCUT2D eigenvalue weighted by Gasteiger charge is 2.32. The van der Waals surface area contributed by atoms with Gasteiger partial charge in [0.15, 0.2) is 0 Å². The van der Waals surface area contributed by atoms with Crippen molar-refractivity contribution in [3.8, 4) is 0 Å². The lowest BCUT2D eigenvalue weighted by molar-refractivity contribution is -0.137. The van der Waals surface area contributed by atoms with E-state index in [1.54, 1.807) is 4.90 Å². The van der Waals surface area contributed by atoms with E-state index in [1.807, 2.05) is 76.4 Å². The predicted octanol–water partition coefficient (Wildman–Crippen LogP) is 6.48. The highest BCUT2D eigenvalue weighted by molar-refractivity contribution is 5.96. The van der Waals surface area contributed by atoms with Gasteiger partial charge in [-0.3, -0.25) is 9.59 Å². The first-order valence-electron chi connectivity index (χ1n) is 12.9. The molecule has 5 nitrogen and oxygen atoms in total. The second-order valence-corrected chi connectivity index (χ2v) is 10.2. The third kappa shape index (κ3) is 7.97. The van der Waals surface area contributed by atoms with Crippen molar-refractivity contribution < 1.29 is 22.8 Å². The summed E-state index contributed by atoms with van der Waals surface area (Å²) in [5.41, 5.74) is 1.12. The fourth-order valence-corrected chi connectivity index (χ4v) is 4.19. The van der Waals surface area contributed by atoms with Crippen molar-refractivity contribution in [2.24, 2.45) is 5.92 Å². The third-order valence-corrected chi connectivity index (χ3v) is 6.42. The Bertz CT molecular complexity index is 1200. The van der Waals surface area contributed by atoms with Gasteiger partial charge in [-0.2, -0.15) is 13.2 Å². The van der Waals surface area contributed by atoms with E-state index in [-0.39, 0.29) is 36.5 Å². The van der Waals surface area contributed by atoms with Crippen LogP contribution in [0.3, 0.4) is 0 Å². The van der Waals surface area contributed by atoms with Crippen LogP contribution < -0.4 is 0 Å². The summed E-state index contributed by atoms with van der Waals surface area (Å²) in [5, 5.41) is 0. The number of carbonyl (C=O) groups excluding carboxylic acids is 2. The Balaban J connectivity index is 1.80. The van der Waals surface area contributed by atoms with E-state index in [1.165, 1.54) is 17.0 Å². The summed E-state index contributed by atoms with van der Waals surface area (Å²) in [7, 11) is 0. The van der Waals surface area contributed by atoms with E-state index in [0.717, 1.165) is 23.4 Å². The first-order chi connectivity index (χ1) is 18.0. The van der Waals surface area contributed by atoms with Crippen LogP contribution in [0.5, 0.6) is 0 Å². The minimum absolute atomic E-state index is 0.0794. The highest BCUT2D eigenvalue weighted by atomic mass is 19.4. The van der Waals surface area contributed by atoms with Crippen molar-refractivity contribution in [2.45, 2.75) is 59.4 Å². The zero-order chi connectivity index (χ0) is 27.9. The molecule has 0 aliphatic heterocycles. The monoisotopic (exact) mass is 527 g/mol. The molecule has 1 aromatic heterocycles. The first kappa shape index (κ1) is 29.0. The molecule has 38 heavy (non-hydrogen) atoms. The van der Waals surface area contributed by atoms with Crippen molar-refractivity contribution in [2.75, 3.05) is 13.1 Å². The zero-order valence-electron chi connectivity index (χ0n) is 22.4. The Morgan fingerprint density at radius 2 is 1.63 bits per heavy atom. The lowest BCUT2D eigenvalue weighted by Gasteiger charge is -2.31. The van der Waals surface area contributed by atoms with Crippen molar-refractivity contribution in [1.29, 1.82) is 0 Å². The van der Waals surface area contributed by atoms with Crippen LogP contribution in [0.1, 0.15) is 61.3 Å². The molecule has 0 saturated heterocycles. The SMILES string of the molecule is CC(C)CCN(CC(=O)N(Cc1cccn1Cc1ccccc1)C(C)C)C(=O)c1cccc(C(F)(F)F)c1. The van der Waals surface area contributed by atoms with Gasteiger partial charge in [0, 0.05) is 36.6 Å². The van der Waals surface area contributed by atoms with Crippen LogP contribution in [-0.4, -0.2) is 45.3 Å². The molecular formula is C30H36F3N3O2. The summed E-state index contributed by atoms with van der Waals surface area (Å²) in [4.78, 5) is 29.9. The number of rotatable bonds is 11. The fourth-order valence-electron chi connectivity index (χ4n) is 4.19. The number of benzene rings is 2. The van der Waals surface area contributed by atoms with E-state index < -0.39 is 17.6 Å². The molecule has 0 aliphatic carbocycles. The molecule has 2 amide bonds. The minimum atomic E-state index is -4.56. The van der Waals surface area contributed by atoms with Crippen LogP contribution in [0.2, 0.25) is 0 Å². The van der Waals surface area contributed by atoms with E-state index in [4.69, 9.17) is 0 Å². The number of alkyl halides is 3. The molecule has 2 aromatic carbocycles. The summed E-state index contributed by atoms with van der Waals surface area (Å²) >= 11 is 0. The Kier molecular flexibility index (Phi) is 9.78. The summed E-state index contributed by atoms with van der Waals surface area (Å²) < 4.78 is 41.8. The Labute approximate surface area is 222 Å². The molecule has 0 saturated carbocycles. The van der Waals surface area contributed by atoms with Gasteiger partial charge < -0.3 is 14.4 Å². The maximum atomic E-state index is 13.5. The van der Waals surface area contributed by atoms with Crippen LogP contribution >= 0.6 is 0 Å². The number of aromatic nitrogens is 1. The molecule has 0 unspecified atom stereocenters. The van der Waals surface area contributed by atoms with Crippen molar-refractivity contribution in [3.63, 3.8) is 0 Å². The number of hydrogen-bond donors (Lipinski definition) is 0. The molecule has 0 fully saturated rings. The van der Waals surface area contributed by atoms with Gasteiger partial charge in [0.1, 0.15) is 6.54 Å². The van der Waals surface area contributed by atoms with Crippen LogP contribution in [-0.2, 0) is 24.1 Å². The van der Waals surface area contributed by atoms with Crippen molar-refractivity contribution in [1.82, 2.24) is 14.4 Å². The Hall–Kier alpha value is -3.55. The molecule has 0 bridgehead atoms. The average Bonchev–Trinajstić information content (AvgIpc) is 3.30. The predicted molar refractivity (Wildman–Crippen MR) is 142 cm³/mol. The van der Waals surface area contributed by atoms with Gasteiger partial charge in [-0.05, 0) is 62.1 Å². The van der Waals surface area contributed by atoms with Gasteiger partial charge in [0.25, 0.3) is 5.91 Å². The maximum Gasteiger partial charge on any atom is 0.416 e. The van der Waals surface area contributed by atoms with E-state index in [9.17, 15) is 22.8 Å². The number of carbonyl (C=O) groups is 2. The van der Waals surface area contributed by atoms with Crippen LogP contribution in [0.4, 0.5) is 13.2 Å². The largest absolute Gasteiger partial charge is 0.416 e. The molecule has 0 aliphatic rings. The first-order valence-corrected chi connectivity index (χ1v) is 12.9. The quantitative estimate of drug-likeness (QED) is 0.287. The summed E-state index contributed by atoms with van der Waals surface area (Å²) in [5.74, 6) is -0.581. The van der Waals surface area contributed by atoms with Gasteiger partial charge in [-0.15, -0.1) is 0 Å².